The Morgan fingerprint density at radius 1 is 1.15 bits per heavy atom. The maximum Gasteiger partial charge on any atom is 0.245 e. The van der Waals surface area contributed by atoms with Gasteiger partial charge in [0.15, 0.2) is 0 Å². The number of benzene rings is 2. The molecule has 0 aromatic heterocycles. The number of anilines is 2. The first-order valence-corrected chi connectivity index (χ1v) is 10.8. The Kier molecular flexibility index (Phi) is 7.35. The number of rotatable bonds is 8. The molecule has 0 bridgehead atoms. The molecule has 0 unspecified atom stereocenters. The van der Waals surface area contributed by atoms with Crippen molar-refractivity contribution in [2.75, 3.05) is 29.0 Å². The van der Waals surface area contributed by atoms with E-state index in [-0.39, 0.29) is 0 Å². The van der Waals surface area contributed by atoms with Gasteiger partial charge in [0.2, 0.25) is 15.9 Å². The van der Waals surface area contributed by atoms with Crippen molar-refractivity contribution in [1.82, 2.24) is 0 Å². The predicted molar refractivity (Wildman–Crippen MR) is 110 cm³/mol. The minimum absolute atomic E-state index is 0.302. The van der Waals surface area contributed by atoms with E-state index in [1.807, 2.05) is 6.92 Å². The smallest absolute Gasteiger partial charge is 0.245 e. The van der Waals surface area contributed by atoms with Crippen LogP contribution < -0.4 is 14.4 Å². The zero-order valence-electron chi connectivity index (χ0n) is 14.9. The molecule has 2 aromatic carbocycles. The van der Waals surface area contributed by atoms with Crippen LogP contribution in [0.3, 0.4) is 0 Å². The van der Waals surface area contributed by atoms with Crippen LogP contribution in [-0.4, -0.2) is 33.7 Å². The van der Waals surface area contributed by atoms with E-state index in [1.165, 1.54) is 6.07 Å². The summed E-state index contributed by atoms with van der Waals surface area (Å²) in [5.41, 5.74) is 0.666. The molecule has 0 saturated heterocycles. The predicted octanol–water partition coefficient (Wildman–Crippen LogP) is 4.19. The van der Waals surface area contributed by atoms with Crippen molar-refractivity contribution < 1.29 is 17.9 Å². The van der Waals surface area contributed by atoms with Gasteiger partial charge in [0.25, 0.3) is 0 Å². The number of halogens is 2. The average molecular weight is 431 g/mol. The van der Waals surface area contributed by atoms with Gasteiger partial charge in [-0.05, 0) is 48.9 Å². The summed E-state index contributed by atoms with van der Waals surface area (Å²) in [6.07, 6.45) is 1.90. The number of hydrogen-bond donors (Lipinski definition) is 1. The summed E-state index contributed by atoms with van der Waals surface area (Å²) >= 11 is 11.9. The van der Waals surface area contributed by atoms with E-state index in [0.717, 1.165) is 17.0 Å². The first-order chi connectivity index (χ1) is 12.7. The van der Waals surface area contributed by atoms with Crippen LogP contribution >= 0.6 is 23.2 Å². The molecule has 0 aliphatic rings. The van der Waals surface area contributed by atoms with Gasteiger partial charge in [-0.2, -0.15) is 0 Å². The van der Waals surface area contributed by atoms with Crippen LogP contribution in [0.2, 0.25) is 10.0 Å². The third-order valence-electron chi connectivity index (χ3n) is 3.49. The number of nitrogens with one attached hydrogen (secondary N) is 1. The summed E-state index contributed by atoms with van der Waals surface area (Å²) in [4.78, 5) is 12.4. The first kappa shape index (κ1) is 21.3. The molecular weight excluding hydrogens is 411 g/mol. The molecule has 146 valence electrons. The fourth-order valence-corrected chi connectivity index (χ4v) is 3.44. The Balaban J connectivity index is 2.17. The Hall–Kier alpha value is -1.96. The molecule has 6 nitrogen and oxygen atoms in total. The van der Waals surface area contributed by atoms with Crippen molar-refractivity contribution in [3.63, 3.8) is 0 Å². The highest BCUT2D eigenvalue weighted by atomic mass is 35.5. The van der Waals surface area contributed by atoms with Gasteiger partial charge in [0.05, 0.1) is 29.3 Å². The van der Waals surface area contributed by atoms with Gasteiger partial charge in [-0.1, -0.05) is 30.1 Å². The van der Waals surface area contributed by atoms with Crippen LogP contribution in [0, 0.1) is 0 Å². The van der Waals surface area contributed by atoms with Crippen LogP contribution in [0.25, 0.3) is 0 Å². The number of carbonyl (C=O) groups is 1. The Bertz CT molecular complexity index is 902. The molecule has 2 rings (SSSR count). The van der Waals surface area contributed by atoms with Gasteiger partial charge in [-0.3, -0.25) is 9.10 Å². The lowest BCUT2D eigenvalue weighted by atomic mass is 10.3. The van der Waals surface area contributed by atoms with E-state index >= 15 is 0 Å². The van der Waals surface area contributed by atoms with E-state index in [1.54, 1.807) is 36.4 Å². The van der Waals surface area contributed by atoms with Crippen LogP contribution in [0.1, 0.15) is 13.3 Å². The fraction of sp³-hybridized carbons (Fsp3) is 0.278. The van der Waals surface area contributed by atoms with Crippen LogP contribution in [0.5, 0.6) is 5.75 Å². The third kappa shape index (κ3) is 6.30. The summed E-state index contributed by atoms with van der Waals surface area (Å²) < 4.78 is 30.8. The highest BCUT2D eigenvalue weighted by Gasteiger charge is 2.21. The molecule has 0 atom stereocenters. The number of nitrogens with zero attached hydrogens (tertiary/aromatic N) is 1. The number of sulfonamides is 1. The fourth-order valence-electron chi connectivity index (χ4n) is 2.24. The molecule has 1 N–H and O–H groups in total. The van der Waals surface area contributed by atoms with Crippen molar-refractivity contribution in [2.45, 2.75) is 13.3 Å². The quantitative estimate of drug-likeness (QED) is 0.680. The second-order valence-corrected chi connectivity index (χ2v) is 8.53. The zero-order valence-corrected chi connectivity index (χ0v) is 17.2. The lowest BCUT2D eigenvalue weighted by Crippen LogP contribution is -2.37. The second-order valence-electron chi connectivity index (χ2n) is 5.78. The van der Waals surface area contributed by atoms with E-state index in [9.17, 15) is 13.2 Å². The van der Waals surface area contributed by atoms with Crippen molar-refractivity contribution in [1.29, 1.82) is 0 Å². The topological polar surface area (TPSA) is 75.7 Å². The van der Waals surface area contributed by atoms with Crippen LogP contribution in [-0.2, 0) is 14.8 Å². The molecule has 0 saturated carbocycles. The minimum atomic E-state index is -3.68. The zero-order chi connectivity index (χ0) is 20.0. The molecule has 0 radical (unpaired) electrons. The molecule has 1 amide bonds. The summed E-state index contributed by atoms with van der Waals surface area (Å²) in [5.74, 6) is 0.0834. The SMILES string of the molecule is CCCOc1ccc(N(CC(=O)Nc2cc(Cl)ccc2Cl)S(C)(=O)=O)cc1. The summed E-state index contributed by atoms with van der Waals surface area (Å²) in [6.45, 7) is 2.15. The van der Waals surface area contributed by atoms with E-state index in [2.05, 4.69) is 5.32 Å². The van der Waals surface area contributed by atoms with Gasteiger partial charge in [-0.25, -0.2) is 8.42 Å². The molecule has 0 fully saturated rings. The molecule has 27 heavy (non-hydrogen) atoms. The van der Waals surface area contributed by atoms with Gasteiger partial charge in [-0.15, -0.1) is 0 Å². The summed E-state index contributed by atoms with van der Waals surface area (Å²) in [5, 5.41) is 3.28. The monoisotopic (exact) mass is 430 g/mol. The lowest BCUT2D eigenvalue weighted by molar-refractivity contribution is -0.114. The van der Waals surface area contributed by atoms with E-state index in [4.69, 9.17) is 27.9 Å². The third-order valence-corrected chi connectivity index (χ3v) is 5.19. The highest BCUT2D eigenvalue weighted by Crippen LogP contribution is 2.26. The molecular formula is C18H20Cl2N2O4S. The second kappa shape index (κ2) is 9.30. The molecule has 0 heterocycles. The molecule has 0 spiro atoms. The van der Waals surface area contributed by atoms with Crippen molar-refractivity contribution in [3.8, 4) is 5.75 Å². The van der Waals surface area contributed by atoms with Gasteiger partial charge in [0, 0.05) is 5.02 Å². The van der Waals surface area contributed by atoms with Gasteiger partial charge < -0.3 is 10.1 Å². The largest absolute Gasteiger partial charge is 0.494 e. The standard InChI is InChI=1S/C18H20Cl2N2O4S/c1-3-10-26-15-7-5-14(6-8-15)22(27(2,24)25)12-18(23)21-17-11-13(19)4-9-16(17)20/h4-9,11H,3,10,12H2,1-2H3,(H,21,23). The molecule has 0 aliphatic carbocycles. The highest BCUT2D eigenvalue weighted by molar-refractivity contribution is 7.92. The summed E-state index contributed by atoms with van der Waals surface area (Å²) in [7, 11) is -3.68. The van der Waals surface area contributed by atoms with E-state index < -0.39 is 22.5 Å². The Morgan fingerprint density at radius 3 is 2.41 bits per heavy atom. The number of carbonyl (C=O) groups excluding carboxylic acids is 1. The number of hydrogen-bond acceptors (Lipinski definition) is 4. The maximum absolute atomic E-state index is 12.4. The van der Waals surface area contributed by atoms with Crippen LogP contribution in [0.15, 0.2) is 42.5 Å². The Labute approximate surface area is 169 Å². The van der Waals surface area contributed by atoms with E-state index in [0.29, 0.717) is 33.8 Å². The maximum atomic E-state index is 12.4. The van der Waals surface area contributed by atoms with Crippen molar-refractivity contribution in [2.24, 2.45) is 0 Å². The van der Waals surface area contributed by atoms with Crippen LogP contribution in [0.4, 0.5) is 11.4 Å². The lowest BCUT2D eigenvalue weighted by Gasteiger charge is -2.22. The minimum Gasteiger partial charge on any atom is -0.494 e. The van der Waals surface area contributed by atoms with Gasteiger partial charge in [0.1, 0.15) is 12.3 Å². The molecule has 0 aliphatic heterocycles. The molecule has 2 aromatic rings. The van der Waals surface area contributed by atoms with Crippen molar-refractivity contribution in [3.05, 3.63) is 52.5 Å². The Morgan fingerprint density at radius 2 is 1.81 bits per heavy atom. The van der Waals surface area contributed by atoms with Gasteiger partial charge >= 0.3 is 0 Å². The number of amides is 1. The normalized spacial score (nSPS) is 11.1. The summed E-state index contributed by atoms with van der Waals surface area (Å²) in [6, 6.07) is 11.1. The average Bonchev–Trinajstić information content (AvgIpc) is 2.60. The molecule has 9 heteroatoms. The number of ether oxygens (including phenoxy) is 1. The van der Waals surface area contributed by atoms with Crippen molar-refractivity contribution >= 4 is 50.5 Å². The first-order valence-electron chi connectivity index (χ1n) is 8.16.